The van der Waals surface area contributed by atoms with E-state index in [1.807, 2.05) is 0 Å². The number of nitrogens with two attached hydrogens (primary N) is 1. The van der Waals surface area contributed by atoms with E-state index in [1.54, 1.807) is 6.92 Å². The topological polar surface area (TPSA) is 78.5 Å². The van der Waals surface area contributed by atoms with Crippen LogP contribution < -0.4 is 11.3 Å². The van der Waals surface area contributed by atoms with Crippen molar-refractivity contribution >= 4 is 0 Å². The molecule has 5 N–H and O–H groups in total. The molecule has 0 aromatic heterocycles. The molecule has 9 heavy (non-hydrogen) atoms. The molecule has 54 valence electrons. The van der Waals surface area contributed by atoms with Crippen LogP contribution in [0.1, 0.15) is 19.8 Å². The summed E-state index contributed by atoms with van der Waals surface area (Å²) in [7, 11) is 0. The van der Waals surface area contributed by atoms with Crippen LogP contribution >= 0.6 is 0 Å². The number of hydrazine groups is 1. The molecule has 0 heterocycles. The molecular weight excluding hydrogens is 120 g/mol. The van der Waals surface area contributed by atoms with Crippen molar-refractivity contribution < 1.29 is 10.2 Å². The van der Waals surface area contributed by atoms with Crippen LogP contribution in [0.2, 0.25) is 0 Å². The van der Waals surface area contributed by atoms with E-state index in [1.165, 1.54) is 0 Å². The van der Waals surface area contributed by atoms with Gasteiger partial charge in [-0.05, 0) is 6.92 Å². The second-order valence-electron chi connectivity index (χ2n) is 3.03. The molecule has 1 aliphatic carbocycles. The van der Waals surface area contributed by atoms with Gasteiger partial charge in [0.2, 0.25) is 0 Å². The van der Waals surface area contributed by atoms with Gasteiger partial charge >= 0.3 is 0 Å². The summed E-state index contributed by atoms with van der Waals surface area (Å²) < 4.78 is 0. The van der Waals surface area contributed by atoms with E-state index in [0.29, 0.717) is 12.8 Å². The minimum Gasteiger partial charge on any atom is -0.390 e. The highest BCUT2D eigenvalue weighted by atomic mass is 16.3. The van der Waals surface area contributed by atoms with Gasteiger partial charge in [-0.3, -0.25) is 5.84 Å². The van der Waals surface area contributed by atoms with Gasteiger partial charge in [0.15, 0.2) is 0 Å². The number of hydrogen-bond acceptors (Lipinski definition) is 4. The number of nitrogens with one attached hydrogen (secondary N) is 1. The van der Waals surface area contributed by atoms with Crippen LogP contribution in [0.3, 0.4) is 0 Å². The highest BCUT2D eigenvalue weighted by Crippen LogP contribution is 2.38. The van der Waals surface area contributed by atoms with E-state index < -0.39 is 11.3 Å². The SMILES string of the molecule is CC1(O)CC(O)(NN)C1. The second kappa shape index (κ2) is 1.67. The molecule has 0 radical (unpaired) electrons. The summed E-state index contributed by atoms with van der Waals surface area (Å²) in [5.74, 6) is 4.98. The molecular formula is C5H12N2O2. The summed E-state index contributed by atoms with van der Waals surface area (Å²) in [6, 6.07) is 0. The van der Waals surface area contributed by atoms with Gasteiger partial charge in [-0.25, -0.2) is 5.43 Å². The Balaban J connectivity index is 2.41. The molecule has 4 heteroatoms. The summed E-state index contributed by atoms with van der Waals surface area (Å²) >= 11 is 0. The van der Waals surface area contributed by atoms with Crippen molar-refractivity contribution in [3.05, 3.63) is 0 Å². The normalized spacial score (nSPS) is 50.7. The fraction of sp³-hybridized carbons (Fsp3) is 1.00. The van der Waals surface area contributed by atoms with Crippen LogP contribution in [0, 0.1) is 0 Å². The third kappa shape index (κ3) is 1.21. The van der Waals surface area contributed by atoms with Crippen LogP contribution in [0.4, 0.5) is 0 Å². The van der Waals surface area contributed by atoms with Crippen LogP contribution in [-0.4, -0.2) is 21.5 Å². The van der Waals surface area contributed by atoms with E-state index >= 15 is 0 Å². The molecule has 0 aliphatic heterocycles. The van der Waals surface area contributed by atoms with Gasteiger partial charge in [0, 0.05) is 12.8 Å². The first-order valence-electron chi connectivity index (χ1n) is 2.90. The van der Waals surface area contributed by atoms with E-state index in [0.717, 1.165) is 0 Å². The van der Waals surface area contributed by atoms with Gasteiger partial charge in [0.25, 0.3) is 0 Å². The van der Waals surface area contributed by atoms with Crippen molar-refractivity contribution in [3.8, 4) is 0 Å². The quantitative estimate of drug-likeness (QED) is 0.203. The molecule has 1 saturated carbocycles. The van der Waals surface area contributed by atoms with E-state index in [2.05, 4.69) is 5.43 Å². The van der Waals surface area contributed by atoms with Crippen molar-refractivity contribution in [2.45, 2.75) is 31.1 Å². The molecule has 0 amide bonds. The standard InChI is InChI=1S/C5H12N2O2/c1-4(8)2-5(9,3-4)7-6/h7-9H,2-3,6H2,1H3. The number of hydrogen-bond donors (Lipinski definition) is 4. The summed E-state index contributed by atoms with van der Waals surface area (Å²) in [6.45, 7) is 1.67. The van der Waals surface area contributed by atoms with Crippen LogP contribution in [0.15, 0.2) is 0 Å². The smallest absolute Gasteiger partial charge is 0.133 e. The lowest BCUT2D eigenvalue weighted by atomic mass is 9.74. The van der Waals surface area contributed by atoms with Gasteiger partial charge in [0.1, 0.15) is 5.72 Å². The third-order valence-corrected chi connectivity index (χ3v) is 1.62. The molecule has 0 unspecified atom stereocenters. The minimum atomic E-state index is -1.02. The zero-order chi connectivity index (χ0) is 7.12. The predicted molar refractivity (Wildman–Crippen MR) is 32.1 cm³/mol. The maximum atomic E-state index is 9.16. The van der Waals surface area contributed by atoms with Crippen molar-refractivity contribution in [2.75, 3.05) is 0 Å². The molecule has 0 bridgehead atoms. The van der Waals surface area contributed by atoms with Crippen LogP contribution in [0.5, 0.6) is 0 Å². The van der Waals surface area contributed by atoms with Gasteiger partial charge in [-0.1, -0.05) is 0 Å². The van der Waals surface area contributed by atoms with Crippen LogP contribution in [0.25, 0.3) is 0 Å². The lowest BCUT2D eigenvalue weighted by molar-refractivity contribution is -0.186. The van der Waals surface area contributed by atoms with Gasteiger partial charge in [-0.15, -0.1) is 0 Å². The van der Waals surface area contributed by atoms with Gasteiger partial charge < -0.3 is 10.2 Å². The molecule has 1 rings (SSSR count). The fourth-order valence-electron chi connectivity index (χ4n) is 1.31. The molecule has 0 atom stereocenters. The number of aliphatic hydroxyl groups is 2. The predicted octanol–water partition coefficient (Wildman–Crippen LogP) is -1.32. The summed E-state index contributed by atoms with van der Waals surface area (Å²) in [4.78, 5) is 0. The zero-order valence-electron chi connectivity index (χ0n) is 5.39. The van der Waals surface area contributed by atoms with Crippen molar-refractivity contribution in [3.63, 3.8) is 0 Å². The highest BCUT2D eigenvalue weighted by Gasteiger charge is 2.49. The van der Waals surface area contributed by atoms with Crippen LogP contribution in [-0.2, 0) is 0 Å². The first-order chi connectivity index (χ1) is 3.97. The Morgan fingerprint density at radius 1 is 1.44 bits per heavy atom. The van der Waals surface area contributed by atoms with Gasteiger partial charge in [0.05, 0.1) is 5.60 Å². The zero-order valence-corrected chi connectivity index (χ0v) is 5.39. The molecule has 0 spiro atoms. The first-order valence-corrected chi connectivity index (χ1v) is 2.90. The Kier molecular flexibility index (Phi) is 1.29. The largest absolute Gasteiger partial charge is 0.390 e. The van der Waals surface area contributed by atoms with E-state index in [-0.39, 0.29) is 0 Å². The van der Waals surface area contributed by atoms with Gasteiger partial charge in [-0.2, -0.15) is 0 Å². The average Bonchev–Trinajstić information content (AvgIpc) is 1.61. The fourth-order valence-corrected chi connectivity index (χ4v) is 1.31. The molecule has 1 fully saturated rings. The first kappa shape index (κ1) is 6.95. The lowest BCUT2D eigenvalue weighted by Gasteiger charge is -2.47. The molecule has 4 nitrogen and oxygen atoms in total. The van der Waals surface area contributed by atoms with E-state index in [4.69, 9.17) is 16.1 Å². The number of rotatable bonds is 1. The minimum absolute atomic E-state index is 0.302. The molecule has 0 aromatic rings. The monoisotopic (exact) mass is 132 g/mol. The Bertz CT molecular complexity index is 116. The molecule has 0 saturated heterocycles. The lowest BCUT2D eigenvalue weighted by Crippen LogP contribution is -2.65. The highest BCUT2D eigenvalue weighted by molar-refractivity contribution is 4.99. The van der Waals surface area contributed by atoms with Crippen molar-refractivity contribution in [1.29, 1.82) is 0 Å². The van der Waals surface area contributed by atoms with Crippen molar-refractivity contribution in [2.24, 2.45) is 5.84 Å². The second-order valence-corrected chi connectivity index (χ2v) is 3.03. The Hall–Kier alpha value is -0.160. The summed E-state index contributed by atoms with van der Waals surface area (Å²) in [5, 5.41) is 18.3. The Labute approximate surface area is 53.6 Å². The molecule has 1 aliphatic rings. The molecule has 0 aromatic carbocycles. The Morgan fingerprint density at radius 3 is 2.00 bits per heavy atom. The third-order valence-electron chi connectivity index (χ3n) is 1.62. The average molecular weight is 132 g/mol. The summed E-state index contributed by atoms with van der Waals surface area (Å²) in [5.41, 5.74) is 0.470. The maximum absolute atomic E-state index is 9.16. The van der Waals surface area contributed by atoms with E-state index in [9.17, 15) is 0 Å². The summed E-state index contributed by atoms with van der Waals surface area (Å²) in [6.07, 6.45) is 0.604. The maximum Gasteiger partial charge on any atom is 0.133 e. The van der Waals surface area contributed by atoms with Crippen molar-refractivity contribution in [1.82, 2.24) is 5.43 Å². The Morgan fingerprint density at radius 2 is 1.89 bits per heavy atom.